The van der Waals surface area contributed by atoms with Crippen molar-refractivity contribution >= 4 is 45.5 Å². The molecule has 0 atom stereocenters. The van der Waals surface area contributed by atoms with Gasteiger partial charge in [0.25, 0.3) is 17.4 Å². The number of hydrazine groups is 1. The molecule has 5 aromatic rings. The molecule has 3 N–H and O–H groups in total. The Morgan fingerprint density at radius 1 is 1.00 bits per heavy atom. The lowest BCUT2D eigenvalue weighted by Gasteiger charge is -2.10. The molecule has 0 aliphatic rings. The fourth-order valence-corrected chi connectivity index (χ4v) is 4.59. The van der Waals surface area contributed by atoms with Crippen LogP contribution in [0.3, 0.4) is 0 Å². The zero-order valence-electron chi connectivity index (χ0n) is 19.3. The van der Waals surface area contributed by atoms with E-state index in [1.807, 2.05) is 49.4 Å². The molecule has 10 heteroatoms. The Hall–Kier alpha value is -4.44. The summed E-state index contributed by atoms with van der Waals surface area (Å²) in [6.45, 7) is 1.60. The van der Waals surface area contributed by atoms with Crippen molar-refractivity contribution in [3.05, 3.63) is 100 Å². The third-order valence-corrected chi connectivity index (χ3v) is 6.59. The lowest BCUT2D eigenvalue weighted by molar-refractivity contribution is -0.122. The molecular formula is C26H22N6O3S. The van der Waals surface area contributed by atoms with Crippen LogP contribution in [0, 0.1) is 6.92 Å². The number of nitrogens with zero attached hydrogens (tertiary/aromatic N) is 3. The van der Waals surface area contributed by atoms with E-state index in [9.17, 15) is 14.4 Å². The summed E-state index contributed by atoms with van der Waals surface area (Å²) in [7, 11) is 0. The average Bonchev–Trinajstić information content (AvgIpc) is 3.31. The van der Waals surface area contributed by atoms with Crippen LogP contribution < -0.4 is 16.4 Å². The van der Waals surface area contributed by atoms with Crippen molar-refractivity contribution in [1.29, 1.82) is 0 Å². The van der Waals surface area contributed by atoms with E-state index in [0.717, 1.165) is 27.3 Å². The average molecular weight is 499 g/mol. The number of hydrogen-bond donors (Lipinski definition) is 3. The zero-order valence-corrected chi connectivity index (χ0v) is 20.1. The molecule has 0 aliphatic heterocycles. The largest absolute Gasteiger partial charge is 0.333 e. The van der Waals surface area contributed by atoms with Crippen LogP contribution in [-0.4, -0.2) is 31.3 Å². The van der Waals surface area contributed by atoms with Gasteiger partial charge in [0.2, 0.25) is 0 Å². The molecule has 0 bridgehead atoms. The van der Waals surface area contributed by atoms with E-state index in [4.69, 9.17) is 0 Å². The summed E-state index contributed by atoms with van der Waals surface area (Å²) in [6.07, 6.45) is 1.33. The monoisotopic (exact) mass is 498 g/mol. The quantitative estimate of drug-likeness (QED) is 0.244. The summed E-state index contributed by atoms with van der Waals surface area (Å²) < 4.78 is 1.21. The van der Waals surface area contributed by atoms with Crippen LogP contribution in [0.25, 0.3) is 21.9 Å². The van der Waals surface area contributed by atoms with Gasteiger partial charge in [0.15, 0.2) is 5.16 Å². The number of hydrogen-bond acceptors (Lipinski definition) is 6. The molecule has 0 fully saturated rings. The SMILES string of the molecule is Cc1cccc2c(=O)n(CC(=O)NNC(=O)c3ccc(CSc4nc5ccccc5[nH]4)cc3)cnc12. The summed E-state index contributed by atoms with van der Waals surface area (Å²) in [4.78, 5) is 49.5. The number of benzene rings is 3. The van der Waals surface area contributed by atoms with Gasteiger partial charge in [-0.25, -0.2) is 9.97 Å². The van der Waals surface area contributed by atoms with E-state index in [0.29, 0.717) is 22.2 Å². The van der Waals surface area contributed by atoms with Crippen molar-refractivity contribution in [3.63, 3.8) is 0 Å². The first-order valence-corrected chi connectivity index (χ1v) is 12.2. The van der Waals surface area contributed by atoms with Crippen molar-refractivity contribution in [2.75, 3.05) is 0 Å². The number of carbonyl (C=O) groups is 2. The molecular weight excluding hydrogens is 476 g/mol. The van der Waals surface area contributed by atoms with Crippen molar-refractivity contribution in [2.24, 2.45) is 0 Å². The van der Waals surface area contributed by atoms with Gasteiger partial charge in [-0.1, -0.05) is 48.2 Å². The van der Waals surface area contributed by atoms with Crippen molar-refractivity contribution in [2.45, 2.75) is 24.4 Å². The van der Waals surface area contributed by atoms with Gasteiger partial charge in [0, 0.05) is 11.3 Å². The predicted octanol–water partition coefficient (Wildman–Crippen LogP) is 3.33. The standard InChI is InChI=1S/C26H22N6O3S/c1-16-5-4-6-19-23(16)27-15-32(25(19)35)13-22(33)30-31-24(34)18-11-9-17(10-12-18)14-36-26-28-20-7-2-3-8-21(20)29-26/h2-12,15H,13-14H2,1H3,(H,28,29)(H,30,33)(H,31,34). The molecule has 9 nitrogen and oxygen atoms in total. The Balaban J connectivity index is 1.14. The van der Waals surface area contributed by atoms with E-state index < -0.39 is 11.8 Å². The highest BCUT2D eigenvalue weighted by atomic mass is 32.2. The number of nitrogens with one attached hydrogen (secondary N) is 3. The number of para-hydroxylation sites is 3. The smallest absolute Gasteiger partial charge is 0.269 e. The van der Waals surface area contributed by atoms with Gasteiger partial charge in [-0.05, 0) is 48.4 Å². The minimum absolute atomic E-state index is 0.270. The minimum atomic E-state index is -0.543. The molecule has 0 aliphatic carbocycles. The van der Waals surface area contributed by atoms with Crippen LogP contribution in [0.1, 0.15) is 21.5 Å². The van der Waals surface area contributed by atoms with Crippen LogP contribution in [-0.2, 0) is 17.1 Å². The first-order chi connectivity index (χ1) is 17.5. The number of carbonyl (C=O) groups excluding carboxylic acids is 2. The molecule has 2 amide bonds. The molecule has 0 radical (unpaired) electrons. The Labute approximate surface area is 209 Å². The second-order valence-electron chi connectivity index (χ2n) is 8.20. The maximum atomic E-state index is 12.6. The highest BCUT2D eigenvalue weighted by Crippen LogP contribution is 2.23. The maximum absolute atomic E-state index is 12.6. The molecule has 2 heterocycles. The van der Waals surface area contributed by atoms with E-state index in [1.165, 1.54) is 10.9 Å². The third kappa shape index (κ3) is 4.98. The number of amides is 2. The molecule has 0 spiro atoms. The Kier molecular flexibility index (Phi) is 6.50. The number of aromatic nitrogens is 4. The molecule has 2 aromatic heterocycles. The lowest BCUT2D eigenvalue weighted by Crippen LogP contribution is -2.44. The molecule has 0 saturated heterocycles. The molecule has 180 valence electrons. The molecule has 3 aromatic carbocycles. The first-order valence-electron chi connectivity index (χ1n) is 11.2. The van der Waals surface area contributed by atoms with Crippen LogP contribution >= 0.6 is 11.8 Å². The summed E-state index contributed by atoms with van der Waals surface area (Å²) in [5.41, 5.74) is 9.23. The number of rotatable bonds is 6. The summed E-state index contributed by atoms with van der Waals surface area (Å²) >= 11 is 1.57. The Morgan fingerprint density at radius 3 is 2.61 bits per heavy atom. The van der Waals surface area contributed by atoms with E-state index >= 15 is 0 Å². The second-order valence-corrected chi connectivity index (χ2v) is 9.16. The lowest BCUT2D eigenvalue weighted by atomic mass is 10.1. The number of imidazole rings is 1. The van der Waals surface area contributed by atoms with Crippen molar-refractivity contribution in [3.8, 4) is 0 Å². The van der Waals surface area contributed by atoms with Gasteiger partial charge < -0.3 is 4.98 Å². The van der Waals surface area contributed by atoms with Gasteiger partial charge in [-0.3, -0.25) is 29.8 Å². The Morgan fingerprint density at radius 2 is 1.81 bits per heavy atom. The van der Waals surface area contributed by atoms with Gasteiger partial charge in [0.05, 0.1) is 28.3 Å². The maximum Gasteiger partial charge on any atom is 0.269 e. The molecule has 0 unspecified atom stereocenters. The van der Waals surface area contributed by atoms with Gasteiger partial charge >= 0.3 is 0 Å². The fourth-order valence-electron chi connectivity index (χ4n) is 3.74. The molecule has 5 rings (SSSR count). The van der Waals surface area contributed by atoms with E-state index in [2.05, 4.69) is 25.8 Å². The fraction of sp³-hybridized carbons (Fsp3) is 0.115. The third-order valence-electron chi connectivity index (χ3n) is 5.64. The predicted molar refractivity (Wildman–Crippen MR) is 138 cm³/mol. The highest BCUT2D eigenvalue weighted by Gasteiger charge is 2.11. The number of aryl methyl sites for hydroxylation is 1. The second kappa shape index (κ2) is 10.0. The number of H-pyrrole nitrogens is 1. The van der Waals surface area contributed by atoms with E-state index in [-0.39, 0.29) is 12.1 Å². The molecule has 36 heavy (non-hydrogen) atoms. The van der Waals surface area contributed by atoms with E-state index in [1.54, 1.807) is 36.0 Å². The number of thioether (sulfide) groups is 1. The van der Waals surface area contributed by atoms with Crippen LogP contribution in [0.15, 0.2) is 83.0 Å². The topological polar surface area (TPSA) is 122 Å². The molecule has 0 saturated carbocycles. The minimum Gasteiger partial charge on any atom is -0.333 e. The summed E-state index contributed by atoms with van der Waals surface area (Å²) in [5, 5.41) is 1.27. The van der Waals surface area contributed by atoms with Crippen LogP contribution in [0.5, 0.6) is 0 Å². The van der Waals surface area contributed by atoms with Crippen LogP contribution in [0.2, 0.25) is 0 Å². The number of fused-ring (bicyclic) bond motifs is 2. The van der Waals surface area contributed by atoms with Crippen molar-refractivity contribution < 1.29 is 9.59 Å². The van der Waals surface area contributed by atoms with Gasteiger partial charge in [0.1, 0.15) is 6.54 Å². The summed E-state index contributed by atoms with van der Waals surface area (Å²) in [5.74, 6) is -0.315. The number of aromatic amines is 1. The van der Waals surface area contributed by atoms with Gasteiger partial charge in [-0.15, -0.1) is 0 Å². The first kappa shape index (κ1) is 23.3. The normalized spacial score (nSPS) is 11.0. The zero-order chi connectivity index (χ0) is 25.1. The van der Waals surface area contributed by atoms with Crippen molar-refractivity contribution in [1.82, 2.24) is 30.4 Å². The summed E-state index contributed by atoms with van der Waals surface area (Å²) in [6, 6.07) is 20.3. The van der Waals surface area contributed by atoms with Gasteiger partial charge in [-0.2, -0.15) is 0 Å². The van der Waals surface area contributed by atoms with Crippen LogP contribution in [0.4, 0.5) is 0 Å². The Bertz CT molecular complexity index is 1610. The highest BCUT2D eigenvalue weighted by molar-refractivity contribution is 7.98.